The summed E-state index contributed by atoms with van der Waals surface area (Å²) in [7, 11) is 1.74. The van der Waals surface area contributed by atoms with E-state index in [2.05, 4.69) is 32.2 Å². The molecular weight excluding hydrogens is 523 g/mol. The predicted molar refractivity (Wildman–Crippen MR) is 147 cm³/mol. The molecule has 0 aliphatic carbocycles. The summed E-state index contributed by atoms with van der Waals surface area (Å²) in [5.41, 5.74) is 2.81. The number of piperidine rings is 1. The topological polar surface area (TPSA) is 95.4 Å². The fourth-order valence-corrected chi connectivity index (χ4v) is 4.87. The number of aryl methyl sites for hydroxylation is 1. The van der Waals surface area contributed by atoms with Crippen molar-refractivity contribution in [2.24, 2.45) is 7.05 Å². The molecule has 3 heterocycles. The number of hydrogen-bond acceptors (Lipinski definition) is 6. The first kappa shape index (κ1) is 29.3. The van der Waals surface area contributed by atoms with Gasteiger partial charge in [0.2, 0.25) is 11.9 Å². The van der Waals surface area contributed by atoms with Crippen molar-refractivity contribution >= 4 is 29.0 Å². The van der Waals surface area contributed by atoms with Gasteiger partial charge in [-0.3, -0.25) is 9.59 Å². The summed E-state index contributed by atoms with van der Waals surface area (Å²) >= 11 is 0. The van der Waals surface area contributed by atoms with Gasteiger partial charge in [-0.25, -0.2) is 4.68 Å². The Labute approximate surface area is 232 Å². The third-order valence-corrected chi connectivity index (χ3v) is 7.17. The van der Waals surface area contributed by atoms with Gasteiger partial charge in [0.15, 0.2) is 5.82 Å². The Morgan fingerprint density at radius 1 is 1.07 bits per heavy atom. The average Bonchev–Trinajstić information content (AvgIpc) is 3.31. The molecule has 0 spiro atoms. The van der Waals surface area contributed by atoms with Crippen LogP contribution < -0.4 is 10.6 Å². The number of halogens is 3. The van der Waals surface area contributed by atoms with Gasteiger partial charge in [0.05, 0.1) is 6.42 Å². The fourth-order valence-electron chi connectivity index (χ4n) is 4.87. The number of carbonyl (C=O) groups excluding carboxylic acids is 2. The molecule has 40 heavy (non-hydrogen) atoms. The van der Waals surface area contributed by atoms with Crippen molar-refractivity contribution in [3.8, 4) is 0 Å². The maximum absolute atomic E-state index is 12.5. The van der Waals surface area contributed by atoms with Gasteiger partial charge in [-0.15, -0.1) is 5.10 Å². The molecule has 2 aromatic rings. The number of alkyl halides is 3. The number of benzene rings is 1. The number of nitrogens with zero attached hydrogens (tertiary/aromatic N) is 5. The van der Waals surface area contributed by atoms with Crippen LogP contribution in [-0.4, -0.2) is 81.8 Å². The van der Waals surface area contributed by atoms with E-state index >= 15 is 0 Å². The van der Waals surface area contributed by atoms with E-state index in [9.17, 15) is 22.8 Å². The van der Waals surface area contributed by atoms with E-state index in [1.807, 2.05) is 0 Å². The Morgan fingerprint density at radius 2 is 1.80 bits per heavy atom. The third kappa shape index (κ3) is 8.17. The van der Waals surface area contributed by atoms with Gasteiger partial charge in [0.1, 0.15) is 0 Å². The van der Waals surface area contributed by atoms with Gasteiger partial charge in [-0.1, -0.05) is 19.1 Å². The normalized spacial score (nSPS) is 16.4. The first-order chi connectivity index (χ1) is 19.1. The molecule has 9 nitrogen and oxygen atoms in total. The molecule has 2 aliphatic rings. The van der Waals surface area contributed by atoms with Crippen LogP contribution in [0.4, 0.5) is 24.8 Å². The predicted octanol–water partition coefficient (Wildman–Crippen LogP) is 4.29. The van der Waals surface area contributed by atoms with Crippen molar-refractivity contribution in [2.45, 2.75) is 44.7 Å². The highest BCUT2D eigenvalue weighted by Crippen LogP contribution is 2.28. The van der Waals surface area contributed by atoms with E-state index in [4.69, 9.17) is 0 Å². The zero-order chi connectivity index (χ0) is 28.7. The SMILES string of the molecule is C=C(C1=CCN(C(=O)CCC(F)(F)F)CC1)c1nc(Nc2ccc(C(=O)NCCN3CCCCC3)cc2)nn1C. The largest absolute Gasteiger partial charge is 0.389 e. The summed E-state index contributed by atoms with van der Waals surface area (Å²) in [6.45, 7) is 8.35. The van der Waals surface area contributed by atoms with E-state index in [1.54, 1.807) is 42.1 Å². The summed E-state index contributed by atoms with van der Waals surface area (Å²) in [5.74, 6) is 0.275. The molecule has 0 unspecified atom stereocenters. The molecule has 1 aromatic heterocycles. The number of hydrogen-bond donors (Lipinski definition) is 2. The number of likely N-dealkylation sites (tertiary alicyclic amines) is 1. The first-order valence-electron chi connectivity index (χ1n) is 13.6. The van der Waals surface area contributed by atoms with Gasteiger partial charge in [0, 0.05) is 56.5 Å². The number of carbonyl (C=O) groups is 2. The van der Waals surface area contributed by atoms with Crippen molar-refractivity contribution in [1.82, 2.24) is 29.9 Å². The Balaban J connectivity index is 1.28. The van der Waals surface area contributed by atoms with Gasteiger partial charge >= 0.3 is 6.18 Å². The number of amides is 2. The van der Waals surface area contributed by atoms with Crippen LogP contribution in [0.5, 0.6) is 0 Å². The van der Waals surface area contributed by atoms with Gasteiger partial charge < -0.3 is 20.4 Å². The molecule has 2 aliphatic heterocycles. The Hall–Kier alpha value is -3.67. The molecule has 0 saturated carbocycles. The summed E-state index contributed by atoms with van der Waals surface area (Å²) in [6, 6.07) is 7.07. The van der Waals surface area contributed by atoms with Crippen LogP contribution in [0.3, 0.4) is 0 Å². The molecule has 1 fully saturated rings. The zero-order valence-corrected chi connectivity index (χ0v) is 22.8. The smallest absolute Gasteiger partial charge is 0.351 e. The number of aromatic nitrogens is 3. The van der Waals surface area contributed by atoms with E-state index < -0.39 is 24.9 Å². The van der Waals surface area contributed by atoms with E-state index in [-0.39, 0.29) is 12.5 Å². The van der Waals surface area contributed by atoms with Crippen LogP contribution in [0.2, 0.25) is 0 Å². The standard InChI is InChI=1S/C28H36F3N7O2/c1-20(21-11-17-38(18-12-21)24(39)10-13-28(29,30)31)25-34-27(35-36(25)2)33-23-8-6-22(7-9-23)26(40)32-14-19-37-15-4-3-5-16-37/h6-9,11H,1,3-5,10,12-19H2,2H3,(H,32,40)(H,33,35). The lowest BCUT2D eigenvalue weighted by Crippen LogP contribution is -2.37. The average molecular weight is 560 g/mol. The molecule has 1 saturated heterocycles. The van der Waals surface area contributed by atoms with Crippen LogP contribution in [0, 0.1) is 0 Å². The highest BCUT2D eigenvalue weighted by atomic mass is 19.4. The second kappa shape index (κ2) is 13.1. The summed E-state index contributed by atoms with van der Waals surface area (Å²) in [4.78, 5) is 32.9. The first-order valence-corrected chi connectivity index (χ1v) is 13.6. The van der Waals surface area contributed by atoms with Gasteiger partial charge in [-0.05, 0) is 62.2 Å². The molecule has 1 aromatic carbocycles. The third-order valence-electron chi connectivity index (χ3n) is 7.17. The minimum Gasteiger partial charge on any atom is -0.351 e. The maximum Gasteiger partial charge on any atom is 0.389 e. The van der Waals surface area contributed by atoms with Crippen LogP contribution >= 0.6 is 0 Å². The highest BCUT2D eigenvalue weighted by molar-refractivity contribution is 5.94. The number of anilines is 2. The van der Waals surface area contributed by atoms with Crippen molar-refractivity contribution < 1.29 is 22.8 Å². The second-order valence-corrected chi connectivity index (χ2v) is 10.2. The lowest BCUT2D eigenvalue weighted by atomic mass is 10.00. The molecule has 4 rings (SSSR count). The van der Waals surface area contributed by atoms with Crippen LogP contribution in [0.25, 0.3) is 5.57 Å². The van der Waals surface area contributed by atoms with Crippen LogP contribution in [-0.2, 0) is 11.8 Å². The number of allylic oxidation sites excluding steroid dienone is 1. The molecule has 0 radical (unpaired) electrons. The maximum atomic E-state index is 12.5. The van der Waals surface area contributed by atoms with Gasteiger partial charge in [0.25, 0.3) is 5.91 Å². The Bertz CT molecular complexity index is 1230. The quantitative estimate of drug-likeness (QED) is 0.451. The van der Waals surface area contributed by atoms with E-state index in [1.165, 1.54) is 24.2 Å². The molecule has 0 atom stereocenters. The molecule has 2 N–H and O–H groups in total. The summed E-state index contributed by atoms with van der Waals surface area (Å²) in [6.07, 6.45) is -0.0139. The summed E-state index contributed by atoms with van der Waals surface area (Å²) < 4.78 is 38.9. The van der Waals surface area contributed by atoms with E-state index in [0.717, 1.165) is 30.9 Å². The molecule has 2 amide bonds. The minimum atomic E-state index is -4.35. The molecular formula is C28H36F3N7O2. The van der Waals surface area contributed by atoms with Gasteiger partial charge in [-0.2, -0.15) is 18.2 Å². The lowest BCUT2D eigenvalue weighted by Gasteiger charge is -2.27. The molecule has 0 bridgehead atoms. The van der Waals surface area contributed by atoms with Crippen LogP contribution in [0.1, 0.15) is 54.7 Å². The van der Waals surface area contributed by atoms with Crippen molar-refractivity contribution in [2.75, 3.05) is 44.6 Å². The summed E-state index contributed by atoms with van der Waals surface area (Å²) in [5, 5.41) is 10.5. The highest BCUT2D eigenvalue weighted by Gasteiger charge is 2.30. The second-order valence-electron chi connectivity index (χ2n) is 10.2. The Kier molecular flexibility index (Phi) is 9.62. The fraction of sp³-hybridized carbons (Fsp3) is 0.500. The van der Waals surface area contributed by atoms with E-state index in [0.29, 0.717) is 42.4 Å². The van der Waals surface area contributed by atoms with Crippen LogP contribution in [0.15, 0.2) is 42.5 Å². The zero-order valence-electron chi connectivity index (χ0n) is 22.8. The number of nitrogens with one attached hydrogen (secondary N) is 2. The molecule has 12 heteroatoms. The number of rotatable bonds is 10. The monoisotopic (exact) mass is 559 g/mol. The van der Waals surface area contributed by atoms with Crippen molar-refractivity contribution in [3.05, 3.63) is 53.9 Å². The minimum absolute atomic E-state index is 0.112. The van der Waals surface area contributed by atoms with Crippen molar-refractivity contribution in [1.29, 1.82) is 0 Å². The lowest BCUT2D eigenvalue weighted by molar-refractivity contribution is -0.148. The molecule has 216 valence electrons. The Morgan fingerprint density at radius 3 is 2.45 bits per heavy atom. The van der Waals surface area contributed by atoms with Crippen molar-refractivity contribution in [3.63, 3.8) is 0 Å².